The van der Waals surface area contributed by atoms with Gasteiger partial charge in [-0.25, -0.2) is 4.98 Å². The van der Waals surface area contributed by atoms with Crippen molar-refractivity contribution in [1.29, 1.82) is 0 Å². The van der Waals surface area contributed by atoms with E-state index in [4.69, 9.17) is 10.7 Å². The summed E-state index contributed by atoms with van der Waals surface area (Å²) >= 11 is 0. The van der Waals surface area contributed by atoms with Crippen molar-refractivity contribution in [3.8, 4) is 0 Å². The number of hydrogen-bond donors (Lipinski definition) is 1. The lowest BCUT2D eigenvalue weighted by Gasteiger charge is -2.20. The third-order valence-corrected chi connectivity index (χ3v) is 3.89. The van der Waals surface area contributed by atoms with Crippen LogP contribution in [0, 0.1) is 0 Å². The number of aromatic nitrogens is 2. The van der Waals surface area contributed by atoms with E-state index >= 15 is 0 Å². The fourth-order valence-electron chi connectivity index (χ4n) is 2.91. The average molecular weight is 220 g/mol. The zero-order valence-corrected chi connectivity index (χ0v) is 9.89. The topological polar surface area (TPSA) is 47.1 Å². The van der Waals surface area contributed by atoms with E-state index < -0.39 is 0 Å². The summed E-state index contributed by atoms with van der Waals surface area (Å²) in [5.74, 6) is 1.82. The van der Waals surface area contributed by atoms with Crippen LogP contribution in [-0.4, -0.2) is 34.6 Å². The average Bonchev–Trinajstić information content (AvgIpc) is 2.84. The lowest BCUT2D eigenvalue weighted by atomic mass is 10.1. The molecule has 0 aliphatic carbocycles. The minimum atomic E-state index is 0.157. The van der Waals surface area contributed by atoms with Crippen molar-refractivity contribution in [3.63, 3.8) is 0 Å². The molecule has 4 heteroatoms. The second-order valence-corrected chi connectivity index (χ2v) is 5.20. The van der Waals surface area contributed by atoms with Crippen LogP contribution >= 0.6 is 0 Å². The van der Waals surface area contributed by atoms with Crippen molar-refractivity contribution in [1.82, 2.24) is 14.5 Å². The van der Waals surface area contributed by atoms with E-state index in [9.17, 15) is 0 Å². The standard InChI is InChI=1S/C12H20N4/c1-15-6-5-9(7-15)10-8-16-11(13)3-2-4-12(16)14-10/h8-9,11H,2-7,13H2,1H3. The van der Waals surface area contributed by atoms with Crippen LogP contribution in [0.1, 0.15) is 42.9 Å². The second kappa shape index (κ2) is 3.86. The van der Waals surface area contributed by atoms with Gasteiger partial charge in [0.1, 0.15) is 5.82 Å². The number of fused-ring (bicyclic) bond motifs is 1. The van der Waals surface area contributed by atoms with Gasteiger partial charge in [0.2, 0.25) is 0 Å². The Morgan fingerprint density at radius 3 is 3.00 bits per heavy atom. The lowest BCUT2D eigenvalue weighted by Crippen LogP contribution is -2.24. The Morgan fingerprint density at radius 1 is 1.44 bits per heavy atom. The van der Waals surface area contributed by atoms with Gasteiger partial charge >= 0.3 is 0 Å². The SMILES string of the molecule is CN1CCC(c2cn3c(n2)CCCC3N)C1. The van der Waals surface area contributed by atoms with Crippen LogP contribution in [0.2, 0.25) is 0 Å². The molecule has 2 aliphatic rings. The quantitative estimate of drug-likeness (QED) is 0.771. The van der Waals surface area contributed by atoms with E-state index in [-0.39, 0.29) is 6.17 Å². The number of likely N-dealkylation sites (tertiary alicyclic amines) is 1. The molecule has 1 saturated heterocycles. The Kier molecular flexibility index (Phi) is 2.48. The molecule has 3 rings (SSSR count). The van der Waals surface area contributed by atoms with Gasteiger partial charge in [-0.05, 0) is 32.9 Å². The number of nitrogens with two attached hydrogens (primary N) is 1. The fourth-order valence-corrected chi connectivity index (χ4v) is 2.91. The molecule has 0 saturated carbocycles. The molecule has 88 valence electrons. The van der Waals surface area contributed by atoms with Crippen molar-refractivity contribution in [2.45, 2.75) is 37.8 Å². The highest BCUT2D eigenvalue weighted by Gasteiger charge is 2.26. The molecule has 2 atom stereocenters. The maximum atomic E-state index is 6.10. The molecule has 1 aromatic heterocycles. The van der Waals surface area contributed by atoms with E-state index in [0.717, 1.165) is 19.4 Å². The van der Waals surface area contributed by atoms with Gasteiger partial charge in [-0.2, -0.15) is 0 Å². The smallest absolute Gasteiger partial charge is 0.110 e. The third kappa shape index (κ3) is 1.66. The molecule has 0 aromatic carbocycles. The van der Waals surface area contributed by atoms with Gasteiger partial charge in [0.25, 0.3) is 0 Å². The second-order valence-electron chi connectivity index (χ2n) is 5.20. The summed E-state index contributed by atoms with van der Waals surface area (Å²) in [5.41, 5.74) is 7.36. The summed E-state index contributed by atoms with van der Waals surface area (Å²) in [6.07, 6.45) is 6.96. The highest BCUT2D eigenvalue weighted by atomic mass is 15.2. The molecule has 16 heavy (non-hydrogen) atoms. The molecule has 4 nitrogen and oxygen atoms in total. The van der Waals surface area contributed by atoms with Crippen LogP contribution < -0.4 is 5.73 Å². The highest BCUT2D eigenvalue weighted by Crippen LogP contribution is 2.28. The molecule has 1 aromatic rings. The minimum absolute atomic E-state index is 0.157. The first kappa shape index (κ1) is 10.3. The number of imidazole rings is 1. The van der Waals surface area contributed by atoms with Crippen LogP contribution in [-0.2, 0) is 6.42 Å². The lowest BCUT2D eigenvalue weighted by molar-refractivity contribution is 0.408. The summed E-state index contributed by atoms with van der Waals surface area (Å²) < 4.78 is 2.19. The zero-order chi connectivity index (χ0) is 11.1. The Morgan fingerprint density at radius 2 is 2.31 bits per heavy atom. The summed E-state index contributed by atoms with van der Waals surface area (Å²) in [6, 6.07) is 0. The van der Waals surface area contributed by atoms with E-state index in [1.54, 1.807) is 0 Å². The maximum absolute atomic E-state index is 6.10. The van der Waals surface area contributed by atoms with E-state index in [1.807, 2.05) is 0 Å². The number of nitrogens with zero attached hydrogens (tertiary/aromatic N) is 3. The first-order chi connectivity index (χ1) is 7.74. The molecular weight excluding hydrogens is 200 g/mol. The number of likely N-dealkylation sites (N-methyl/N-ethyl adjacent to an activating group) is 1. The Labute approximate surface area is 96.4 Å². The van der Waals surface area contributed by atoms with Gasteiger partial charge in [-0.1, -0.05) is 0 Å². The number of hydrogen-bond acceptors (Lipinski definition) is 3. The van der Waals surface area contributed by atoms with Gasteiger partial charge in [-0.3, -0.25) is 0 Å². The van der Waals surface area contributed by atoms with Crippen molar-refractivity contribution in [2.24, 2.45) is 5.73 Å². The van der Waals surface area contributed by atoms with Crippen molar-refractivity contribution in [3.05, 3.63) is 17.7 Å². The molecular formula is C12H20N4. The third-order valence-electron chi connectivity index (χ3n) is 3.89. The van der Waals surface area contributed by atoms with Crippen LogP contribution in [0.4, 0.5) is 0 Å². The van der Waals surface area contributed by atoms with Crippen LogP contribution in [0.3, 0.4) is 0 Å². The first-order valence-corrected chi connectivity index (χ1v) is 6.26. The van der Waals surface area contributed by atoms with Gasteiger partial charge in [0.05, 0.1) is 11.9 Å². The first-order valence-electron chi connectivity index (χ1n) is 6.26. The Bertz CT molecular complexity index is 384. The zero-order valence-electron chi connectivity index (χ0n) is 9.89. The predicted octanol–water partition coefficient (Wildman–Crippen LogP) is 1.10. The molecule has 0 radical (unpaired) electrons. The van der Waals surface area contributed by atoms with Crippen molar-refractivity contribution >= 4 is 0 Å². The summed E-state index contributed by atoms with van der Waals surface area (Å²) in [6.45, 7) is 2.34. The maximum Gasteiger partial charge on any atom is 0.110 e. The molecule has 0 bridgehead atoms. The minimum Gasteiger partial charge on any atom is -0.319 e. The van der Waals surface area contributed by atoms with E-state index in [0.29, 0.717) is 5.92 Å². The predicted molar refractivity (Wildman–Crippen MR) is 63.2 cm³/mol. The van der Waals surface area contributed by atoms with Gasteiger partial charge in [0.15, 0.2) is 0 Å². The Balaban J connectivity index is 1.86. The van der Waals surface area contributed by atoms with E-state index in [2.05, 4.69) is 22.7 Å². The molecule has 2 aliphatic heterocycles. The normalized spacial score (nSPS) is 30.6. The number of rotatable bonds is 1. The fraction of sp³-hybridized carbons (Fsp3) is 0.750. The molecule has 1 fully saturated rings. The van der Waals surface area contributed by atoms with Crippen molar-refractivity contribution in [2.75, 3.05) is 20.1 Å². The van der Waals surface area contributed by atoms with Crippen LogP contribution in [0.25, 0.3) is 0 Å². The van der Waals surface area contributed by atoms with Crippen LogP contribution in [0.15, 0.2) is 6.20 Å². The van der Waals surface area contributed by atoms with Gasteiger partial charge < -0.3 is 15.2 Å². The molecule has 2 N–H and O–H groups in total. The largest absolute Gasteiger partial charge is 0.319 e. The summed E-state index contributed by atoms with van der Waals surface area (Å²) in [4.78, 5) is 7.15. The monoisotopic (exact) mass is 220 g/mol. The summed E-state index contributed by atoms with van der Waals surface area (Å²) in [7, 11) is 2.18. The van der Waals surface area contributed by atoms with E-state index in [1.165, 1.54) is 30.9 Å². The number of aryl methyl sites for hydroxylation is 1. The van der Waals surface area contributed by atoms with Gasteiger partial charge in [0, 0.05) is 25.1 Å². The molecule has 0 amide bonds. The Hall–Kier alpha value is -0.870. The van der Waals surface area contributed by atoms with Gasteiger partial charge in [-0.15, -0.1) is 0 Å². The van der Waals surface area contributed by atoms with Crippen molar-refractivity contribution < 1.29 is 0 Å². The molecule has 2 unspecified atom stereocenters. The molecule has 0 spiro atoms. The summed E-state index contributed by atoms with van der Waals surface area (Å²) in [5, 5.41) is 0. The van der Waals surface area contributed by atoms with Crippen LogP contribution in [0.5, 0.6) is 0 Å². The molecule has 3 heterocycles. The highest BCUT2D eigenvalue weighted by molar-refractivity contribution is 5.14.